The van der Waals surface area contributed by atoms with Gasteiger partial charge >= 0.3 is 0 Å². The minimum Gasteiger partial charge on any atom is -0.492 e. The molecular weight excluding hydrogens is 259 g/mol. The van der Waals surface area contributed by atoms with Crippen LogP contribution in [0.3, 0.4) is 0 Å². The molecule has 1 aromatic heterocycles. The van der Waals surface area contributed by atoms with Crippen molar-refractivity contribution < 1.29 is 14.2 Å². The van der Waals surface area contributed by atoms with E-state index < -0.39 is 0 Å². The van der Waals surface area contributed by atoms with Crippen molar-refractivity contribution in [2.75, 3.05) is 13.2 Å². The molecule has 0 spiro atoms. The van der Waals surface area contributed by atoms with Crippen molar-refractivity contribution in [1.82, 2.24) is 9.78 Å². The van der Waals surface area contributed by atoms with Crippen molar-refractivity contribution >= 4 is 0 Å². The molecular formula is C15H15FN2O2. The lowest BCUT2D eigenvalue weighted by atomic mass is 10.2. The predicted octanol–water partition coefficient (Wildman–Crippen LogP) is 1.52. The average molecular weight is 274 g/mol. The lowest BCUT2D eigenvalue weighted by Gasteiger charge is -2.07. The van der Waals surface area contributed by atoms with Crippen molar-refractivity contribution in [2.24, 2.45) is 7.05 Å². The van der Waals surface area contributed by atoms with Crippen molar-refractivity contribution in [3.63, 3.8) is 0 Å². The summed E-state index contributed by atoms with van der Waals surface area (Å²) in [6.07, 6.45) is 4.40. The van der Waals surface area contributed by atoms with Crippen LogP contribution < -0.4 is 4.74 Å². The molecule has 2 aromatic rings. The molecule has 1 heterocycles. The van der Waals surface area contributed by atoms with Crippen LogP contribution in [0.25, 0.3) is 0 Å². The number of hydrogen-bond donors (Lipinski definition) is 1. The Labute approximate surface area is 116 Å². The van der Waals surface area contributed by atoms with E-state index in [1.54, 1.807) is 16.9 Å². The molecule has 4 nitrogen and oxygen atoms in total. The molecule has 0 saturated carbocycles. The second kappa shape index (κ2) is 6.73. The summed E-state index contributed by atoms with van der Waals surface area (Å²) >= 11 is 0. The summed E-state index contributed by atoms with van der Waals surface area (Å²) < 4.78 is 20.5. The first-order valence-electron chi connectivity index (χ1n) is 6.18. The fraction of sp³-hybridized carbons (Fsp3) is 0.267. The van der Waals surface area contributed by atoms with Crippen LogP contribution in [0.5, 0.6) is 5.75 Å². The summed E-state index contributed by atoms with van der Waals surface area (Å²) in [5.74, 6) is 5.29. The van der Waals surface area contributed by atoms with Gasteiger partial charge in [-0.2, -0.15) is 5.10 Å². The van der Waals surface area contributed by atoms with E-state index in [0.717, 1.165) is 5.56 Å². The Hall–Kier alpha value is -2.32. The number of aliphatic hydroxyl groups excluding tert-OH is 1. The summed E-state index contributed by atoms with van der Waals surface area (Å²) in [5, 5.41) is 12.8. The van der Waals surface area contributed by atoms with Crippen molar-refractivity contribution in [2.45, 2.75) is 6.42 Å². The van der Waals surface area contributed by atoms with Gasteiger partial charge in [0.2, 0.25) is 0 Å². The van der Waals surface area contributed by atoms with Crippen molar-refractivity contribution in [3.05, 3.63) is 47.5 Å². The molecule has 0 atom stereocenters. The number of halogens is 1. The van der Waals surface area contributed by atoms with E-state index in [1.165, 1.54) is 12.1 Å². The highest BCUT2D eigenvalue weighted by Gasteiger charge is 2.04. The lowest BCUT2D eigenvalue weighted by molar-refractivity contribution is 0.320. The monoisotopic (exact) mass is 274 g/mol. The molecule has 0 unspecified atom stereocenters. The fourth-order valence-electron chi connectivity index (χ4n) is 1.74. The van der Waals surface area contributed by atoms with Gasteiger partial charge in [0.15, 0.2) is 0 Å². The van der Waals surface area contributed by atoms with Crippen LogP contribution in [-0.2, 0) is 13.5 Å². The van der Waals surface area contributed by atoms with E-state index in [0.29, 0.717) is 24.3 Å². The van der Waals surface area contributed by atoms with Gasteiger partial charge < -0.3 is 9.84 Å². The first-order valence-corrected chi connectivity index (χ1v) is 6.18. The van der Waals surface area contributed by atoms with Crippen LogP contribution in [0.1, 0.15) is 11.1 Å². The third-order valence-corrected chi connectivity index (χ3v) is 2.65. The minimum atomic E-state index is -0.383. The third kappa shape index (κ3) is 3.84. The molecule has 2 rings (SSSR count). The van der Waals surface area contributed by atoms with Gasteiger partial charge in [-0.05, 0) is 23.8 Å². The summed E-state index contributed by atoms with van der Waals surface area (Å²) in [5.41, 5.74) is 1.50. The zero-order chi connectivity index (χ0) is 14.4. The van der Waals surface area contributed by atoms with Gasteiger partial charge in [-0.15, -0.1) is 0 Å². The zero-order valence-corrected chi connectivity index (χ0v) is 11.1. The van der Waals surface area contributed by atoms with Gasteiger partial charge in [-0.3, -0.25) is 4.68 Å². The maximum absolute atomic E-state index is 13.2. The standard InChI is InChI=1S/C15H15FN2O2/c1-18-11-12(10-17-18)6-8-20-15-5-4-14(16)9-13(15)3-2-7-19/h4-5,9-11,19H,6-8H2,1H3. The predicted molar refractivity (Wildman–Crippen MR) is 72.8 cm³/mol. The Morgan fingerprint density at radius 1 is 1.45 bits per heavy atom. The third-order valence-electron chi connectivity index (χ3n) is 2.65. The van der Waals surface area contributed by atoms with Crippen molar-refractivity contribution in [3.8, 4) is 17.6 Å². The molecule has 0 aliphatic heterocycles. The SMILES string of the molecule is Cn1cc(CCOc2ccc(F)cc2C#CCO)cn1. The van der Waals surface area contributed by atoms with Gasteiger partial charge in [-0.25, -0.2) is 4.39 Å². The number of aromatic nitrogens is 2. The normalized spacial score (nSPS) is 9.95. The van der Waals surface area contributed by atoms with Gasteiger partial charge in [0.25, 0.3) is 0 Å². The Kier molecular flexibility index (Phi) is 4.75. The number of aliphatic hydroxyl groups is 1. The van der Waals surface area contributed by atoms with Crippen LogP contribution in [-0.4, -0.2) is 28.1 Å². The molecule has 0 radical (unpaired) electrons. The average Bonchev–Trinajstić information content (AvgIpc) is 2.84. The first-order chi connectivity index (χ1) is 9.69. The van der Waals surface area contributed by atoms with E-state index in [2.05, 4.69) is 16.9 Å². The van der Waals surface area contributed by atoms with E-state index in [4.69, 9.17) is 9.84 Å². The summed E-state index contributed by atoms with van der Waals surface area (Å²) in [6.45, 7) is 0.177. The first kappa shape index (κ1) is 14.1. The van der Waals surface area contributed by atoms with Crippen LogP contribution in [0.4, 0.5) is 4.39 Å². The molecule has 20 heavy (non-hydrogen) atoms. The molecule has 0 amide bonds. The van der Waals surface area contributed by atoms with Gasteiger partial charge in [0.1, 0.15) is 18.2 Å². The summed E-state index contributed by atoms with van der Waals surface area (Å²) in [6, 6.07) is 4.16. The smallest absolute Gasteiger partial charge is 0.135 e. The highest BCUT2D eigenvalue weighted by molar-refractivity contribution is 5.46. The van der Waals surface area contributed by atoms with Crippen molar-refractivity contribution in [1.29, 1.82) is 0 Å². The topological polar surface area (TPSA) is 47.3 Å². The molecule has 0 aliphatic rings. The van der Waals surface area contributed by atoms with Crippen LogP contribution in [0, 0.1) is 17.7 Å². The minimum absolute atomic E-state index is 0.272. The molecule has 1 aromatic carbocycles. The Balaban J connectivity index is 2.01. The van der Waals surface area contributed by atoms with Gasteiger partial charge in [-0.1, -0.05) is 11.8 Å². The molecule has 0 bridgehead atoms. The van der Waals surface area contributed by atoms with E-state index in [1.807, 2.05) is 13.2 Å². The Bertz CT molecular complexity index is 641. The Morgan fingerprint density at radius 2 is 2.30 bits per heavy atom. The van der Waals surface area contributed by atoms with Crippen LogP contribution in [0.2, 0.25) is 0 Å². The molecule has 5 heteroatoms. The maximum atomic E-state index is 13.2. The van der Waals surface area contributed by atoms with E-state index in [-0.39, 0.29) is 12.4 Å². The van der Waals surface area contributed by atoms with Gasteiger partial charge in [0.05, 0.1) is 18.4 Å². The summed E-state index contributed by atoms with van der Waals surface area (Å²) in [7, 11) is 1.85. The van der Waals surface area contributed by atoms with E-state index in [9.17, 15) is 4.39 Å². The maximum Gasteiger partial charge on any atom is 0.135 e. The molecule has 1 N–H and O–H groups in total. The second-order valence-electron chi connectivity index (χ2n) is 4.22. The number of rotatable bonds is 4. The molecule has 0 aliphatic carbocycles. The highest BCUT2D eigenvalue weighted by Crippen LogP contribution is 2.19. The molecule has 0 fully saturated rings. The highest BCUT2D eigenvalue weighted by atomic mass is 19.1. The van der Waals surface area contributed by atoms with Crippen LogP contribution in [0.15, 0.2) is 30.6 Å². The number of nitrogens with zero attached hydrogens (tertiary/aromatic N) is 2. The number of hydrogen-bond acceptors (Lipinski definition) is 3. The molecule has 104 valence electrons. The van der Waals surface area contributed by atoms with E-state index >= 15 is 0 Å². The number of aryl methyl sites for hydroxylation is 1. The zero-order valence-electron chi connectivity index (χ0n) is 11.1. The second-order valence-corrected chi connectivity index (χ2v) is 4.22. The largest absolute Gasteiger partial charge is 0.492 e. The number of benzene rings is 1. The fourth-order valence-corrected chi connectivity index (χ4v) is 1.74. The van der Waals surface area contributed by atoms with Gasteiger partial charge in [0, 0.05) is 19.7 Å². The number of ether oxygens (including phenoxy) is 1. The van der Waals surface area contributed by atoms with Crippen LogP contribution >= 0.6 is 0 Å². The Morgan fingerprint density at radius 3 is 3.00 bits per heavy atom. The summed E-state index contributed by atoms with van der Waals surface area (Å²) in [4.78, 5) is 0. The quantitative estimate of drug-likeness (QED) is 0.860. The molecule has 0 saturated heterocycles. The lowest BCUT2D eigenvalue weighted by Crippen LogP contribution is -2.02.